The van der Waals surface area contributed by atoms with Crippen LogP contribution in [0.2, 0.25) is 0 Å². The lowest BCUT2D eigenvalue weighted by Crippen LogP contribution is -2.23. The van der Waals surface area contributed by atoms with Gasteiger partial charge in [-0.15, -0.1) is 0 Å². The van der Waals surface area contributed by atoms with Gasteiger partial charge in [0.1, 0.15) is 5.82 Å². The minimum atomic E-state index is -0.414. The highest BCUT2D eigenvalue weighted by Crippen LogP contribution is 2.21. The monoisotopic (exact) mass is 239 g/mol. The number of ketones is 1. The molecular formula is C13H18FNO2. The van der Waals surface area contributed by atoms with Crippen molar-refractivity contribution in [3.63, 3.8) is 0 Å². The first-order valence-corrected chi connectivity index (χ1v) is 5.61. The van der Waals surface area contributed by atoms with Gasteiger partial charge in [0.05, 0.1) is 6.10 Å². The van der Waals surface area contributed by atoms with Crippen LogP contribution in [0.4, 0.5) is 10.1 Å². The largest absolute Gasteiger partial charge is 0.393 e. The summed E-state index contributed by atoms with van der Waals surface area (Å²) < 4.78 is 13.1. The molecule has 1 aromatic rings. The van der Waals surface area contributed by atoms with Gasteiger partial charge in [0.2, 0.25) is 0 Å². The molecule has 0 aliphatic heterocycles. The molecule has 0 heterocycles. The van der Waals surface area contributed by atoms with Crippen molar-refractivity contribution < 1.29 is 14.3 Å². The number of halogens is 1. The van der Waals surface area contributed by atoms with Crippen LogP contribution >= 0.6 is 0 Å². The summed E-state index contributed by atoms with van der Waals surface area (Å²) in [6, 6.07) is 4.17. The predicted molar refractivity (Wildman–Crippen MR) is 66.0 cm³/mol. The van der Waals surface area contributed by atoms with Gasteiger partial charge in [-0.3, -0.25) is 4.79 Å². The topological polar surface area (TPSA) is 40.5 Å². The Bertz CT molecular complexity index is 404. The van der Waals surface area contributed by atoms with E-state index >= 15 is 0 Å². The average Bonchev–Trinajstić information content (AvgIpc) is 2.25. The smallest absolute Gasteiger partial charge is 0.161 e. The van der Waals surface area contributed by atoms with E-state index in [1.807, 2.05) is 11.9 Å². The van der Waals surface area contributed by atoms with E-state index in [1.165, 1.54) is 19.1 Å². The fourth-order valence-corrected chi connectivity index (χ4v) is 1.62. The predicted octanol–water partition coefficient (Wildman–Crippen LogP) is 2.24. The summed E-state index contributed by atoms with van der Waals surface area (Å²) in [4.78, 5) is 13.3. The maximum Gasteiger partial charge on any atom is 0.161 e. The highest BCUT2D eigenvalue weighted by Gasteiger charge is 2.12. The van der Waals surface area contributed by atoms with Crippen molar-refractivity contribution in [3.05, 3.63) is 29.6 Å². The Balaban J connectivity index is 2.92. The molecule has 0 spiro atoms. The van der Waals surface area contributed by atoms with Gasteiger partial charge in [0.25, 0.3) is 0 Å². The normalized spacial score (nSPS) is 12.3. The maximum atomic E-state index is 13.1. The summed E-state index contributed by atoms with van der Waals surface area (Å²) in [6.07, 6.45) is 0.212. The van der Waals surface area contributed by atoms with E-state index in [9.17, 15) is 14.3 Å². The molecule has 0 saturated carbocycles. The first-order valence-electron chi connectivity index (χ1n) is 5.61. The van der Waals surface area contributed by atoms with Crippen LogP contribution in [0.5, 0.6) is 0 Å². The standard InChI is InChI=1S/C13H18FNO2/c1-9(16)6-7-15(3)13-5-4-11(14)8-12(13)10(2)17/h4-5,8-9,16H,6-7H2,1-3H3. The summed E-state index contributed by atoms with van der Waals surface area (Å²) in [5, 5.41) is 9.22. The molecule has 1 unspecified atom stereocenters. The van der Waals surface area contributed by atoms with Gasteiger partial charge < -0.3 is 10.0 Å². The highest BCUT2D eigenvalue weighted by molar-refractivity contribution is 5.99. The fraction of sp³-hybridized carbons (Fsp3) is 0.462. The number of hydrogen-bond donors (Lipinski definition) is 1. The minimum Gasteiger partial charge on any atom is -0.393 e. The molecule has 0 saturated heterocycles. The molecule has 0 radical (unpaired) electrons. The number of nitrogens with zero attached hydrogens (tertiary/aromatic N) is 1. The van der Waals surface area contributed by atoms with E-state index in [4.69, 9.17) is 0 Å². The molecule has 0 aromatic heterocycles. The zero-order chi connectivity index (χ0) is 13.0. The Hall–Kier alpha value is -1.42. The van der Waals surface area contributed by atoms with Crippen molar-refractivity contribution in [2.75, 3.05) is 18.5 Å². The molecule has 4 heteroatoms. The highest BCUT2D eigenvalue weighted by atomic mass is 19.1. The number of Topliss-reactive ketones (excluding diaryl/α,β-unsaturated/α-hetero) is 1. The van der Waals surface area contributed by atoms with Crippen LogP contribution in [0.1, 0.15) is 30.6 Å². The number of carbonyl (C=O) groups is 1. The second-order valence-electron chi connectivity index (χ2n) is 4.28. The molecule has 0 bridgehead atoms. The van der Waals surface area contributed by atoms with E-state index in [-0.39, 0.29) is 5.78 Å². The summed E-state index contributed by atoms with van der Waals surface area (Å²) in [7, 11) is 1.82. The lowest BCUT2D eigenvalue weighted by Gasteiger charge is -2.22. The van der Waals surface area contributed by atoms with Crippen molar-refractivity contribution in [2.24, 2.45) is 0 Å². The summed E-state index contributed by atoms with van der Waals surface area (Å²) >= 11 is 0. The van der Waals surface area contributed by atoms with Crippen LogP contribution in [0.25, 0.3) is 0 Å². The molecule has 17 heavy (non-hydrogen) atoms. The number of aliphatic hydroxyl groups is 1. The van der Waals surface area contributed by atoms with Gasteiger partial charge in [-0.25, -0.2) is 4.39 Å². The molecule has 1 aromatic carbocycles. The molecular weight excluding hydrogens is 221 g/mol. The molecule has 1 N–H and O–H groups in total. The van der Waals surface area contributed by atoms with E-state index in [0.717, 1.165) is 0 Å². The van der Waals surface area contributed by atoms with Crippen LogP contribution in [0.15, 0.2) is 18.2 Å². The van der Waals surface area contributed by atoms with Gasteiger partial charge in [-0.05, 0) is 38.5 Å². The third-order valence-electron chi connectivity index (χ3n) is 2.63. The van der Waals surface area contributed by atoms with Crippen LogP contribution in [0, 0.1) is 5.82 Å². The first-order chi connectivity index (χ1) is 7.91. The Labute approximate surface area is 101 Å². The van der Waals surface area contributed by atoms with Crippen LogP contribution < -0.4 is 4.90 Å². The van der Waals surface area contributed by atoms with E-state index < -0.39 is 11.9 Å². The lowest BCUT2D eigenvalue weighted by atomic mass is 10.1. The SMILES string of the molecule is CC(=O)c1cc(F)ccc1N(C)CCC(C)O. The summed E-state index contributed by atoms with van der Waals surface area (Å²) in [5.74, 6) is -0.578. The van der Waals surface area contributed by atoms with Gasteiger partial charge in [-0.1, -0.05) is 0 Å². The zero-order valence-corrected chi connectivity index (χ0v) is 10.4. The van der Waals surface area contributed by atoms with Crippen molar-refractivity contribution in [1.29, 1.82) is 0 Å². The fourth-order valence-electron chi connectivity index (χ4n) is 1.62. The van der Waals surface area contributed by atoms with Crippen LogP contribution in [-0.4, -0.2) is 30.6 Å². The summed E-state index contributed by atoms with van der Waals surface area (Å²) in [6.45, 7) is 3.74. The Kier molecular flexibility index (Phi) is 4.63. The molecule has 1 rings (SSSR count). The number of rotatable bonds is 5. The van der Waals surface area contributed by atoms with E-state index in [2.05, 4.69) is 0 Å². The molecule has 3 nitrogen and oxygen atoms in total. The van der Waals surface area contributed by atoms with E-state index in [1.54, 1.807) is 13.0 Å². The molecule has 1 atom stereocenters. The van der Waals surface area contributed by atoms with Crippen LogP contribution in [-0.2, 0) is 0 Å². The Morgan fingerprint density at radius 2 is 2.18 bits per heavy atom. The van der Waals surface area contributed by atoms with Gasteiger partial charge >= 0.3 is 0 Å². The quantitative estimate of drug-likeness (QED) is 0.801. The molecule has 0 aliphatic rings. The van der Waals surface area contributed by atoms with Crippen molar-refractivity contribution in [2.45, 2.75) is 26.4 Å². The third kappa shape index (κ3) is 3.82. The third-order valence-corrected chi connectivity index (χ3v) is 2.63. The summed E-state index contributed by atoms with van der Waals surface area (Å²) in [5.41, 5.74) is 1.07. The Morgan fingerprint density at radius 1 is 1.53 bits per heavy atom. The second-order valence-corrected chi connectivity index (χ2v) is 4.28. The maximum absolute atomic E-state index is 13.1. The van der Waals surface area contributed by atoms with Crippen molar-refractivity contribution in [3.8, 4) is 0 Å². The number of benzene rings is 1. The average molecular weight is 239 g/mol. The van der Waals surface area contributed by atoms with Gasteiger partial charge in [0.15, 0.2) is 5.78 Å². The Morgan fingerprint density at radius 3 is 2.71 bits per heavy atom. The molecule has 0 amide bonds. The van der Waals surface area contributed by atoms with Crippen molar-refractivity contribution in [1.82, 2.24) is 0 Å². The van der Waals surface area contributed by atoms with Crippen molar-refractivity contribution >= 4 is 11.5 Å². The first kappa shape index (κ1) is 13.6. The second kappa shape index (κ2) is 5.77. The number of anilines is 1. The lowest BCUT2D eigenvalue weighted by molar-refractivity contribution is 0.101. The van der Waals surface area contributed by atoms with Crippen LogP contribution in [0.3, 0.4) is 0 Å². The number of carbonyl (C=O) groups excluding carboxylic acids is 1. The minimum absolute atomic E-state index is 0.164. The molecule has 0 aliphatic carbocycles. The van der Waals surface area contributed by atoms with Gasteiger partial charge in [-0.2, -0.15) is 0 Å². The van der Waals surface area contributed by atoms with Gasteiger partial charge in [0, 0.05) is 24.8 Å². The van der Waals surface area contributed by atoms with E-state index in [0.29, 0.717) is 24.2 Å². The zero-order valence-electron chi connectivity index (χ0n) is 10.4. The number of aliphatic hydroxyl groups excluding tert-OH is 1. The molecule has 94 valence electrons. The number of hydrogen-bond acceptors (Lipinski definition) is 3. The molecule has 0 fully saturated rings.